The Hall–Kier alpha value is -2.84. The van der Waals surface area contributed by atoms with Crippen LogP contribution in [0, 0.1) is 34.5 Å². The van der Waals surface area contributed by atoms with Crippen LogP contribution < -0.4 is 0 Å². The first-order valence-corrected chi connectivity index (χ1v) is 7.49. The van der Waals surface area contributed by atoms with Crippen LogP contribution in [0.1, 0.15) is 17.5 Å². The average Bonchev–Trinajstić information content (AvgIpc) is 2.85. The number of allylic oxidation sites excluding steroid dienone is 8. The van der Waals surface area contributed by atoms with Crippen molar-refractivity contribution in [1.82, 2.24) is 0 Å². The molecule has 0 bridgehead atoms. The molecule has 0 saturated heterocycles. The molecule has 0 aliphatic heterocycles. The van der Waals surface area contributed by atoms with Gasteiger partial charge in [-0.2, -0.15) is 10.5 Å². The summed E-state index contributed by atoms with van der Waals surface area (Å²) in [4.78, 5) is 0. The monoisotopic (exact) mass is 284 g/mol. The first-order valence-electron chi connectivity index (χ1n) is 7.49. The standard InChI is InChI=1S/C20H16N2/c21-13-17(14-22)20-18-10-6-5-9-16(18)11-12-19(20)15-7-3-1-2-4-8-15/h1-10,15,19H,11-12H2/t19-/m0/s1. The number of aryl methyl sites for hydroxylation is 1. The zero-order valence-electron chi connectivity index (χ0n) is 12.2. The molecule has 0 heterocycles. The second-order valence-corrected chi connectivity index (χ2v) is 5.55. The molecule has 0 unspecified atom stereocenters. The predicted molar refractivity (Wildman–Crippen MR) is 87.3 cm³/mol. The zero-order chi connectivity index (χ0) is 15.4. The number of fused-ring (bicyclic) bond motifs is 1. The minimum Gasteiger partial charge on any atom is -0.192 e. The number of hydrogen-bond donors (Lipinski definition) is 0. The molecule has 0 radical (unpaired) electrons. The van der Waals surface area contributed by atoms with Gasteiger partial charge in [0.2, 0.25) is 0 Å². The lowest BCUT2D eigenvalue weighted by molar-refractivity contribution is 0.515. The zero-order valence-corrected chi connectivity index (χ0v) is 12.2. The number of nitriles is 2. The highest BCUT2D eigenvalue weighted by Gasteiger charge is 2.30. The third-order valence-corrected chi connectivity index (χ3v) is 4.36. The van der Waals surface area contributed by atoms with Crippen molar-refractivity contribution in [2.75, 3.05) is 0 Å². The lowest BCUT2D eigenvalue weighted by Gasteiger charge is -2.31. The average molecular weight is 284 g/mol. The van der Waals surface area contributed by atoms with E-state index in [0.29, 0.717) is 0 Å². The maximum Gasteiger partial charge on any atom is 0.133 e. The van der Waals surface area contributed by atoms with Crippen LogP contribution in [0.25, 0.3) is 5.57 Å². The molecule has 2 aliphatic rings. The van der Waals surface area contributed by atoms with Crippen LogP contribution in [-0.2, 0) is 6.42 Å². The van der Waals surface area contributed by atoms with Crippen LogP contribution >= 0.6 is 0 Å². The van der Waals surface area contributed by atoms with E-state index in [9.17, 15) is 10.5 Å². The van der Waals surface area contributed by atoms with Crippen molar-refractivity contribution < 1.29 is 0 Å². The summed E-state index contributed by atoms with van der Waals surface area (Å²) < 4.78 is 0. The summed E-state index contributed by atoms with van der Waals surface area (Å²) in [6, 6.07) is 12.3. The van der Waals surface area contributed by atoms with Crippen LogP contribution in [0.3, 0.4) is 0 Å². The van der Waals surface area contributed by atoms with Crippen molar-refractivity contribution in [3.8, 4) is 12.1 Å². The van der Waals surface area contributed by atoms with E-state index in [-0.39, 0.29) is 17.4 Å². The fourth-order valence-corrected chi connectivity index (χ4v) is 3.35. The predicted octanol–water partition coefficient (Wildman–Crippen LogP) is 4.35. The van der Waals surface area contributed by atoms with Gasteiger partial charge < -0.3 is 0 Å². The normalized spacial score (nSPS) is 19.9. The summed E-state index contributed by atoms with van der Waals surface area (Å²) in [6.07, 6.45) is 14.4. The number of rotatable bonds is 1. The molecule has 1 atom stereocenters. The van der Waals surface area contributed by atoms with Gasteiger partial charge in [0, 0.05) is 5.92 Å². The van der Waals surface area contributed by atoms with E-state index < -0.39 is 0 Å². The van der Waals surface area contributed by atoms with Gasteiger partial charge in [0.25, 0.3) is 0 Å². The smallest absolute Gasteiger partial charge is 0.133 e. The molecule has 0 spiro atoms. The number of benzene rings is 1. The summed E-state index contributed by atoms with van der Waals surface area (Å²) >= 11 is 0. The quantitative estimate of drug-likeness (QED) is 0.720. The largest absolute Gasteiger partial charge is 0.192 e. The molecule has 0 fully saturated rings. The fourth-order valence-electron chi connectivity index (χ4n) is 3.35. The van der Waals surface area contributed by atoms with E-state index >= 15 is 0 Å². The maximum absolute atomic E-state index is 9.40. The van der Waals surface area contributed by atoms with E-state index in [1.54, 1.807) is 0 Å². The molecule has 1 aromatic rings. The van der Waals surface area contributed by atoms with Crippen LogP contribution in [0.4, 0.5) is 0 Å². The molecular weight excluding hydrogens is 268 g/mol. The molecule has 106 valence electrons. The van der Waals surface area contributed by atoms with Crippen LogP contribution in [0.5, 0.6) is 0 Å². The molecule has 0 saturated carbocycles. The second-order valence-electron chi connectivity index (χ2n) is 5.55. The Morgan fingerprint density at radius 1 is 0.955 bits per heavy atom. The van der Waals surface area contributed by atoms with Crippen molar-refractivity contribution >= 4 is 5.57 Å². The van der Waals surface area contributed by atoms with Gasteiger partial charge in [0.05, 0.1) is 0 Å². The molecule has 2 nitrogen and oxygen atoms in total. The highest BCUT2D eigenvalue weighted by molar-refractivity contribution is 5.80. The fraction of sp³-hybridized carbons (Fsp3) is 0.200. The molecule has 22 heavy (non-hydrogen) atoms. The van der Waals surface area contributed by atoms with Crippen molar-refractivity contribution in [3.05, 3.63) is 77.4 Å². The molecular formula is C20H16N2. The number of hydrogen-bond acceptors (Lipinski definition) is 2. The van der Waals surface area contributed by atoms with Crippen LogP contribution in [-0.4, -0.2) is 0 Å². The Kier molecular flexibility index (Phi) is 4.03. The van der Waals surface area contributed by atoms with Crippen LogP contribution in [0.15, 0.2) is 66.3 Å². The van der Waals surface area contributed by atoms with Crippen LogP contribution in [0.2, 0.25) is 0 Å². The topological polar surface area (TPSA) is 47.6 Å². The van der Waals surface area contributed by atoms with Gasteiger partial charge >= 0.3 is 0 Å². The highest BCUT2D eigenvalue weighted by atomic mass is 14.4. The van der Waals surface area contributed by atoms with Crippen molar-refractivity contribution in [2.24, 2.45) is 11.8 Å². The first-order chi connectivity index (χ1) is 10.8. The third kappa shape index (κ3) is 2.52. The Balaban J connectivity index is 2.14. The Labute approximate surface area is 131 Å². The molecule has 0 N–H and O–H groups in total. The summed E-state index contributed by atoms with van der Waals surface area (Å²) in [5, 5.41) is 18.8. The molecule has 3 rings (SSSR count). The molecule has 2 heteroatoms. The molecule has 2 aliphatic carbocycles. The van der Waals surface area contributed by atoms with Crippen molar-refractivity contribution in [3.63, 3.8) is 0 Å². The second kappa shape index (κ2) is 6.29. The molecule has 1 aromatic carbocycles. The van der Waals surface area contributed by atoms with E-state index in [2.05, 4.69) is 30.4 Å². The van der Waals surface area contributed by atoms with Gasteiger partial charge in [-0.25, -0.2) is 0 Å². The lowest BCUT2D eigenvalue weighted by atomic mass is 9.71. The maximum atomic E-state index is 9.40. The Bertz CT molecular complexity index is 747. The SMILES string of the molecule is N#CC(C#N)=C1c2ccccc2CC[C@H]1C1C=CC=CC=C1. The van der Waals surface area contributed by atoms with Gasteiger partial charge in [-0.1, -0.05) is 60.7 Å². The lowest BCUT2D eigenvalue weighted by Crippen LogP contribution is -2.20. The Morgan fingerprint density at radius 2 is 1.64 bits per heavy atom. The molecule has 0 aromatic heterocycles. The third-order valence-electron chi connectivity index (χ3n) is 4.36. The summed E-state index contributed by atoms with van der Waals surface area (Å²) in [7, 11) is 0. The Morgan fingerprint density at radius 3 is 2.32 bits per heavy atom. The first kappa shape index (κ1) is 14.1. The van der Waals surface area contributed by atoms with E-state index in [1.165, 1.54) is 5.56 Å². The summed E-state index contributed by atoms with van der Waals surface area (Å²) in [5.41, 5.74) is 3.46. The van der Waals surface area contributed by atoms with Gasteiger partial charge in [-0.3, -0.25) is 0 Å². The van der Waals surface area contributed by atoms with E-state index in [1.807, 2.05) is 42.5 Å². The summed E-state index contributed by atoms with van der Waals surface area (Å²) in [5.74, 6) is 0.395. The van der Waals surface area contributed by atoms with Gasteiger partial charge in [0.15, 0.2) is 0 Å². The highest BCUT2D eigenvalue weighted by Crippen LogP contribution is 2.42. The summed E-state index contributed by atoms with van der Waals surface area (Å²) in [6.45, 7) is 0. The molecule has 0 amide bonds. The number of nitrogens with zero attached hydrogens (tertiary/aromatic N) is 2. The van der Waals surface area contributed by atoms with Crippen molar-refractivity contribution in [2.45, 2.75) is 12.8 Å². The van der Waals surface area contributed by atoms with Gasteiger partial charge in [0.1, 0.15) is 17.7 Å². The van der Waals surface area contributed by atoms with E-state index in [4.69, 9.17) is 0 Å². The minimum atomic E-state index is 0.177. The van der Waals surface area contributed by atoms with E-state index in [0.717, 1.165) is 24.0 Å². The minimum absolute atomic E-state index is 0.177. The van der Waals surface area contributed by atoms with Crippen molar-refractivity contribution in [1.29, 1.82) is 10.5 Å². The van der Waals surface area contributed by atoms with Gasteiger partial charge in [-0.15, -0.1) is 0 Å². The van der Waals surface area contributed by atoms with Gasteiger partial charge in [-0.05, 0) is 35.5 Å².